The van der Waals surface area contributed by atoms with Crippen LogP contribution in [-0.4, -0.2) is 65.1 Å². The Bertz CT molecular complexity index is 1640. The van der Waals surface area contributed by atoms with Gasteiger partial charge in [-0.05, 0) is 83.3 Å². The van der Waals surface area contributed by atoms with Crippen molar-refractivity contribution in [1.82, 2.24) is 5.06 Å². The highest BCUT2D eigenvalue weighted by Gasteiger charge is 2.41. The van der Waals surface area contributed by atoms with Crippen molar-refractivity contribution in [2.45, 2.75) is 103 Å². The number of phenols is 2. The summed E-state index contributed by atoms with van der Waals surface area (Å²) in [6.45, 7) is 21.7. The molecule has 0 aliphatic heterocycles. The number of esters is 1. The number of nitrogens with zero attached hydrogens (tertiary/aromatic N) is 1. The second-order valence-electron chi connectivity index (χ2n) is 15.9. The molecule has 0 saturated heterocycles. The first kappa shape index (κ1) is 41.6. The van der Waals surface area contributed by atoms with E-state index in [0.717, 1.165) is 22.4 Å². The Balaban J connectivity index is 2.07. The molecule has 3 aromatic rings. The average molecular weight is 740 g/mol. The fraction of sp³-hybridized carbons (Fsp3) is 0.487. The number of amides is 1. The molecule has 0 saturated carbocycles. The molecule has 280 valence electrons. The fourth-order valence-corrected chi connectivity index (χ4v) is 7.16. The summed E-state index contributed by atoms with van der Waals surface area (Å²) >= 11 is 0. The lowest BCUT2D eigenvalue weighted by Crippen LogP contribution is -2.43. The van der Waals surface area contributed by atoms with Gasteiger partial charge in [0.05, 0.1) is 26.7 Å². The van der Waals surface area contributed by atoms with Crippen molar-refractivity contribution in [2.75, 3.05) is 21.3 Å². The van der Waals surface area contributed by atoms with E-state index in [0.29, 0.717) is 16.9 Å². The molecule has 1 amide bonds. The van der Waals surface area contributed by atoms with Crippen LogP contribution in [0, 0.1) is 0 Å². The fourth-order valence-electron chi connectivity index (χ4n) is 4.85. The highest BCUT2D eigenvalue weighted by Crippen LogP contribution is 2.43. The van der Waals surface area contributed by atoms with Gasteiger partial charge in [-0.25, -0.2) is 9.86 Å². The maximum absolute atomic E-state index is 14.1. The maximum Gasteiger partial charge on any atom is 0.342 e. The van der Waals surface area contributed by atoms with Gasteiger partial charge in [-0.15, -0.1) is 0 Å². The molecule has 0 aromatic heterocycles. The minimum absolute atomic E-state index is 0.0291. The van der Waals surface area contributed by atoms with E-state index in [2.05, 4.69) is 67.7 Å². The molecule has 0 fully saturated rings. The van der Waals surface area contributed by atoms with Crippen LogP contribution in [0.1, 0.15) is 87.2 Å². The van der Waals surface area contributed by atoms with Gasteiger partial charge in [0.25, 0.3) is 0 Å². The molecule has 51 heavy (non-hydrogen) atoms. The monoisotopic (exact) mass is 739 g/mol. The number of hydrogen-bond acceptors (Lipinski definition) is 9. The van der Waals surface area contributed by atoms with E-state index >= 15 is 0 Å². The van der Waals surface area contributed by atoms with Crippen LogP contribution in [0.15, 0.2) is 60.7 Å². The number of benzene rings is 3. The van der Waals surface area contributed by atoms with E-state index in [1.54, 1.807) is 24.3 Å². The molecule has 0 bridgehead atoms. The number of rotatable bonds is 14. The standard InChI is InChI=1S/C39H57NO9Si2/c1-38(2,3)50(10,11)48-31-20-16-27(17-21-31)34(49-51(12,13)39(4,5)6)23-28-22-29(41)24-32(42)36(28)37(44)47-33(25-35(43)40(7)46-9)26-14-18-30(45-8)19-15-26/h14-22,24,33-34,41-42H,23,25H2,1-13H3. The Labute approximate surface area is 305 Å². The number of methoxy groups -OCH3 is 1. The first-order valence-corrected chi connectivity index (χ1v) is 23.0. The highest BCUT2D eigenvalue weighted by atomic mass is 28.4. The molecule has 0 aliphatic rings. The molecule has 0 heterocycles. The molecule has 2 atom stereocenters. The van der Waals surface area contributed by atoms with E-state index in [4.69, 9.17) is 23.2 Å². The predicted octanol–water partition coefficient (Wildman–Crippen LogP) is 9.10. The average Bonchev–Trinajstić information content (AvgIpc) is 3.02. The topological polar surface area (TPSA) is 124 Å². The van der Waals surface area contributed by atoms with Gasteiger partial charge in [0.2, 0.25) is 14.2 Å². The Morgan fingerprint density at radius 2 is 1.27 bits per heavy atom. The SMILES string of the molecule is COc1ccc(C(CC(=O)N(C)OC)OC(=O)c2c(O)cc(O)cc2CC(O[Si](C)(C)C(C)(C)C)c2ccc(O[Si](C)(C)C(C)(C)C)cc2)cc1. The summed E-state index contributed by atoms with van der Waals surface area (Å²) in [6, 6.07) is 17.2. The second-order valence-corrected chi connectivity index (χ2v) is 25.4. The first-order valence-electron chi connectivity index (χ1n) is 17.2. The minimum Gasteiger partial charge on any atom is -0.544 e. The van der Waals surface area contributed by atoms with Crippen molar-refractivity contribution >= 4 is 28.5 Å². The third kappa shape index (κ3) is 10.6. The second kappa shape index (κ2) is 16.2. The van der Waals surface area contributed by atoms with E-state index in [1.165, 1.54) is 27.3 Å². The van der Waals surface area contributed by atoms with Crippen molar-refractivity contribution in [1.29, 1.82) is 0 Å². The zero-order valence-electron chi connectivity index (χ0n) is 32.5. The first-order chi connectivity index (χ1) is 23.5. The number of hydrogen-bond donors (Lipinski definition) is 2. The van der Waals surface area contributed by atoms with E-state index in [9.17, 15) is 19.8 Å². The highest BCUT2D eigenvalue weighted by molar-refractivity contribution is 6.75. The van der Waals surface area contributed by atoms with Gasteiger partial charge in [0.15, 0.2) is 8.32 Å². The normalized spacial score (nSPS) is 13.7. The third-order valence-corrected chi connectivity index (χ3v) is 19.0. The lowest BCUT2D eigenvalue weighted by molar-refractivity contribution is -0.170. The van der Waals surface area contributed by atoms with Gasteiger partial charge in [0, 0.05) is 19.5 Å². The molecule has 0 radical (unpaired) electrons. The molecule has 12 heteroatoms. The lowest BCUT2D eigenvalue weighted by Gasteiger charge is -2.40. The lowest BCUT2D eigenvalue weighted by atomic mass is 9.96. The van der Waals surface area contributed by atoms with Gasteiger partial charge in [-0.1, -0.05) is 65.8 Å². The minimum atomic E-state index is -2.39. The Kier molecular flexibility index (Phi) is 13.2. The summed E-state index contributed by atoms with van der Waals surface area (Å²) in [5, 5.41) is 22.7. The van der Waals surface area contributed by atoms with Gasteiger partial charge < -0.3 is 28.5 Å². The molecule has 2 N–H and O–H groups in total. The molecule has 0 aliphatic carbocycles. The van der Waals surface area contributed by atoms with E-state index in [-0.39, 0.29) is 34.2 Å². The quantitative estimate of drug-likeness (QED) is 0.0947. The third-order valence-electron chi connectivity index (χ3n) is 10.2. The van der Waals surface area contributed by atoms with Crippen LogP contribution >= 0.6 is 0 Å². The van der Waals surface area contributed by atoms with Crippen LogP contribution < -0.4 is 9.16 Å². The largest absolute Gasteiger partial charge is 0.544 e. The number of hydroxylamine groups is 2. The van der Waals surface area contributed by atoms with Crippen LogP contribution in [0.2, 0.25) is 36.3 Å². The van der Waals surface area contributed by atoms with E-state index < -0.39 is 46.5 Å². The van der Waals surface area contributed by atoms with Crippen molar-refractivity contribution in [3.8, 4) is 23.0 Å². The zero-order chi connectivity index (χ0) is 38.5. The predicted molar refractivity (Wildman–Crippen MR) is 204 cm³/mol. The van der Waals surface area contributed by atoms with Crippen LogP contribution in [0.4, 0.5) is 0 Å². The summed E-state index contributed by atoms with van der Waals surface area (Å²) in [6.07, 6.45) is -1.66. The summed E-state index contributed by atoms with van der Waals surface area (Å²) in [5.41, 5.74) is 1.60. The molecule has 10 nitrogen and oxygen atoms in total. The smallest absolute Gasteiger partial charge is 0.342 e. The van der Waals surface area contributed by atoms with Gasteiger partial charge in [-0.3, -0.25) is 9.63 Å². The van der Waals surface area contributed by atoms with Crippen LogP contribution in [-0.2, 0) is 25.2 Å². The van der Waals surface area contributed by atoms with Gasteiger partial charge in [-0.2, -0.15) is 0 Å². The Hall–Kier alpha value is -3.85. The molecular weight excluding hydrogens is 683 g/mol. The number of ether oxygens (including phenoxy) is 2. The maximum atomic E-state index is 14.1. The van der Waals surface area contributed by atoms with Crippen molar-refractivity contribution in [3.63, 3.8) is 0 Å². The van der Waals surface area contributed by atoms with Crippen molar-refractivity contribution in [2.24, 2.45) is 0 Å². The van der Waals surface area contributed by atoms with Crippen molar-refractivity contribution < 1.29 is 43.0 Å². The van der Waals surface area contributed by atoms with E-state index in [1.807, 2.05) is 24.3 Å². The number of aromatic hydroxyl groups is 2. The molecule has 3 aromatic carbocycles. The molecule has 0 spiro atoms. The summed E-state index contributed by atoms with van der Waals surface area (Å²) < 4.78 is 24.8. The summed E-state index contributed by atoms with van der Waals surface area (Å²) in [7, 11) is -0.100. The van der Waals surface area contributed by atoms with Crippen molar-refractivity contribution in [3.05, 3.63) is 82.9 Å². The van der Waals surface area contributed by atoms with Crippen LogP contribution in [0.5, 0.6) is 23.0 Å². The molecular formula is C39H57NO9Si2. The Morgan fingerprint density at radius 1 is 0.765 bits per heavy atom. The summed E-state index contributed by atoms with van der Waals surface area (Å²) in [5.74, 6) is -0.589. The van der Waals surface area contributed by atoms with Crippen LogP contribution in [0.3, 0.4) is 0 Å². The number of carbonyl (C=O) groups is 2. The molecule has 2 unspecified atom stereocenters. The number of carbonyl (C=O) groups excluding carboxylic acids is 2. The number of phenolic OH excluding ortho intramolecular Hbond substituents is 2. The van der Waals surface area contributed by atoms with Crippen LogP contribution in [0.25, 0.3) is 0 Å². The van der Waals surface area contributed by atoms with Gasteiger partial charge in [0.1, 0.15) is 34.7 Å². The Morgan fingerprint density at radius 3 is 1.76 bits per heavy atom. The van der Waals surface area contributed by atoms with Gasteiger partial charge >= 0.3 is 5.97 Å². The zero-order valence-corrected chi connectivity index (χ0v) is 34.5. The summed E-state index contributed by atoms with van der Waals surface area (Å²) in [4.78, 5) is 32.0. The molecule has 3 rings (SSSR count).